The van der Waals surface area contributed by atoms with Crippen LogP contribution < -0.4 is 10.6 Å². The lowest BCUT2D eigenvalue weighted by Crippen LogP contribution is -2.58. The Kier molecular flexibility index (Phi) is 11.0. The summed E-state index contributed by atoms with van der Waals surface area (Å²) < 4.78 is 0. The number of hydrogen-bond donors (Lipinski definition) is 2. The fraction of sp³-hybridized carbons (Fsp3) is 1.00. The van der Waals surface area contributed by atoms with E-state index in [-0.39, 0.29) is 0 Å². The molecule has 0 radical (unpaired) electrons. The molecule has 4 saturated carbocycles. The van der Waals surface area contributed by atoms with Gasteiger partial charge >= 0.3 is 0 Å². The minimum atomic E-state index is 0.549. The van der Waals surface area contributed by atoms with Gasteiger partial charge in [-0.3, -0.25) is 0 Å². The molecule has 4 fully saturated rings. The smallest absolute Gasteiger partial charge is 0.0167 e. The number of hydrogen-bond acceptors (Lipinski definition) is 3. The molecule has 0 amide bonds. The van der Waals surface area contributed by atoms with Gasteiger partial charge in [0.25, 0.3) is 0 Å². The van der Waals surface area contributed by atoms with Crippen LogP contribution in [0.4, 0.5) is 0 Å². The van der Waals surface area contributed by atoms with Gasteiger partial charge in [0, 0.05) is 31.2 Å². The highest BCUT2D eigenvalue weighted by molar-refractivity contribution is 5.11. The number of likely N-dealkylation sites (N-methyl/N-ethyl adjacent to an activating group) is 1. The topological polar surface area (TPSA) is 27.3 Å². The summed E-state index contributed by atoms with van der Waals surface area (Å²) in [7, 11) is 0. The van der Waals surface area contributed by atoms with Gasteiger partial charge < -0.3 is 15.5 Å². The Morgan fingerprint density at radius 3 is 2.26 bits per heavy atom. The van der Waals surface area contributed by atoms with Crippen molar-refractivity contribution in [2.75, 3.05) is 26.2 Å². The first-order valence-corrected chi connectivity index (χ1v) is 17.8. The first-order chi connectivity index (χ1) is 18.6. The Hall–Kier alpha value is -0.120. The van der Waals surface area contributed by atoms with Crippen LogP contribution in [-0.4, -0.2) is 49.2 Å². The number of nitrogens with zero attached hydrogens (tertiary/aromatic N) is 1. The average Bonchev–Trinajstić information content (AvgIpc) is 3.25. The maximum Gasteiger partial charge on any atom is 0.0167 e. The van der Waals surface area contributed by atoms with Gasteiger partial charge in [0.2, 0.25) is 0 Å². The van der Waals surface area contributed by atoms with Crippen molar-refractivity contribution >= 4 is 0 Å². The predicted octanol–water partition coefficient (Wildman–Crippen LogP) is 8.38. The van der Waals surface area contributed by atoms with Gasteiger partial charge in [-0.25, -0.2) is 0 Å². The minimum Gasteiger partial charge on any atom is -0.311 e. The SMILES string of the molecule is CCCC(C)C1CCC2C3C(C)CC4CC(NC(C)CNC(C)CN(CC)CCC)CCC4(C)C3CCC12C. The first-order valence-electron chi connectivity index (χ1n) is 17.8. The molecule has 0 heterocycles. The lowest BCUT2D eigenvalue weighted by atomic mass is 9.42. The lowest BCUT2D eigenvalue weighted by molar-refractivity contribution is -0.140. The van der Waals surface area contributed by atoms with Crippen molar-refractivity contribution in [2.24, 2.45) is 52.3 Å². The van der Waals surface area contributed by atoms with Gasteiger partial charge in [-0.2, -0.15) is 0 Å². The monoisotopic (exact) mass is 544 g/mol. The maximum absolute atomic E-state index is 4.10. The summed E-state index contributed by atoms with van der Waals surface area (Å²) in [6.45, 7) is 27.2. The van der Waals surface area contributed by atoms with Crippen LogP contribution in [0.15, 0.2) is 0 Å². The third-order valence-electron chi connectivity index (χ3n) is 13.3. The number of fused-ring (bicyclic) bond motifs is 5. The van der Waals surface area contributed by atoms with Crippen molar-refractivity contribution in [1.82, 2.24) is 15.5 Å². The molecule has 4 aliphatic carbocycles. The van der Waals surface area contributed by atoms with Crippen molar-refractivity contribution in [1.29, 1.82) is 0 Å². The molecule has 12 atom stereocenters. The lowest BCUT2D eigenvalue weighted by Gasteiger charge is -2.63. The van der Waals surface area contributed by atoms with E-state index in [2.05, 4.69) is 77.8 Å². The van der Waals surface area contributed by atoms with Crippen molar-refractivity contribution in [2.45, 2.75) is 151 Å². The molecule has 2 N–H and O–H groups in total. The van der Waals surface area contributed by atoms with Crippen LogP contribution in [0.5, 0.6) is 0 Å². The second-order valence-corrected chi connectivity index (χ2v) is 15.9. The molecule has 0 saturated heterocycles. The number of rotatable bonds is 13. The molecule has 0 aromatic carbocycles. The van der Waals surface area contributed by atoms with E-state index in [1.807, 2.05) is 0 Å². The highest BCUT2D eigenvalue weighted by Crippen LogP contribution is 2.69. The van der Waals surface area contributed by atoms with E-state index >= 15 is 0 Å². The van der Waals surface area contributed by atoms with Gasteiger partial charge in [0.05, 0.1) is 0 Å². The summed E-state index contributed by atoms with van der Waals surface area (Å²) in [5.41, 5.74) is 1.21. The molecule has 4 aliphatic rings. The summed E-state index contributed by atoms with van der Waals surface area (Å²) in [6, 6.07) is 1.82. The quantitative estimate of drug-likeness (QED) is 0.244. The Morgan fingerprint density at radius 2 is 1.56 bits per heavy atom. The van der Waals surface area contributed by atoms with Crippen molar-refractivity contribution in [3.8, 4) is 0 Å². The van der Waals surface area contributed by atoms with Crippen LogP contribution in [-0.2, 0) is 0 Å². The zero-order chi connectivity index (χ0) is 28.4. The molecule has 0 bridgehead atoms. The molecule has 0 aliphatic heterocycles. The van der Waals surface area contributed by atoms with Crippen molar-refractivity contribution in [3.63, 3.8) is 0 Å². The highest BCUT2D eigenvalue weighted by Gasteiger charge is 2.62. The molecule has 3 heteroatoms. The Bertz CT molecular complexity index is 754. The van der Waals surface area contributed by atoms with E-state index in [1.54, 1.807) is 0 Å². The second kappa shape index (κ2) is 13.5. The Balaban J connectivity index is 1.32. The summed E-state index contributed by atoms with van der Waals surface area (Å²) in [5.74, 6) is 6.72. The molecule has 0 spiro atoms. The van der Waals surface area contributed by atoms with Gasteiger partial charge in [0.15, 0.2) is 0 Å². The minimum absolute atomic E-state index is 0.549. The van der Waals surface area contributed by atoms with Gasteiger partial charge in [-0.15, -0.1) is 0 Å². The first kappa shape index (κ1) is 31.8. The summed E-state index contributed by atoms with van der Waals surface area (Å²) in [6.07, 6.45) is 15.9. The van der Waals surface area contributed by atoms with Gasteiger partial charge in [0.1, 0.15) is 0 Å². The van der Waals surface area contributed by atoms with E-state index < -0.39 is 0 Å². The second-order valence-electron chi connectivity index (χ2n) is 15.9. The zero-order valence-electron chi connectivity index (χ0n) is 27.8. The fourth-order valence-electron chi connectivity index (χ4n) is 11.4. The van der Waals surface area contributed by atoms with Crippen LogP contribution in [0.2, 0.25) is 0 Å². The number of nitrogens with one attached hydrogen (secondary N) is 2. The molecule has 0 aromatic heterocycles. The molecule has 12 unspecified atom stereocenters. The molecular weight excluding hydrogens is 474 g/mol. The van der Waals surface area contributed by atoms with Crippen molar-refractivity contribution in [3.05, 3.63) is 0 Å². The third-order valence-corrected chi connectivity index (χ3v) is 13.3. The maximum atomic E-state index is 4.10. The highest BCUT2D eigenvalue weighted by atomic mass is 15.1. The fourth-order valence-corrected chi connectivity index (χ4v) is 11.4. The van der Waals surface area contributed by atoms with Gasteiger partial charge in [-0.1, -0.05) is 61.3 Å². The van der Waals surface area contributed by atoms with E-state index in [1.165, 1.54) is 83.7 Å². The predicted molar refractivity (Wildman–Crippen MR) is 170 cm³/mol. The molecule has 39 heavy (non-hydrogen) atoms. The summed E-state index contributed by atoms with van der Waals surface area (Å²) >= 11 is 0. The zero-order valence-corrected chi connectivity index (χ0v) is 27.8. The van der Waals surface area contributed by atoms with E-state index in [4.69, 9.17) is 0 Å². The van der Waals surface area contributed by atoms with E-state index in [0.29, 0.717) is 29.0 Å². The molecular formula is C36H69N3. The van der Waals surface area contributed by atoms with Crippen LogP contribution in [0.25, 0.3) is 0 Å². The summed E-state index contributed by atoms with van der Waals surface area (Å²) in [5, 5.41) is 7.94. The molecule has 3 nitrogen and oxygen atoms in total. The van der Waals surface area contributed by atoms with Crippen molar-refractivity contribution < 1.29 is 0 Å². The van der Waals surface area contributed by atoms with Crippen LogP contribution >= 0.6 is 0 Å². The Labute approximate surface area is 244 Å². The Morgan fingerprint density at radius 1 is 0.846 bits per heavy atom. The van der Waals surface area contributed by atoms with E-state index in [0.717, 1.165) is 54.5 Å². The standard InChI is InChI=1S/C36H69N3/c1-10-13-25(4)31-14-15-32-34-26(5)21-29-22-30(16-18-35(29,8)33(34)17-19-36(31,32)9)38-27(6)23-37-28(7)24-39(12-3)20-11-2/h25-34,37-38H,10-24H2,1-9H3. The largest absolute Gasteiger partial charge is 0.311 e. The molecule has 228 valence electrons. The summed E-state index contributed by atoms with van der Waals surface area (Å²) in [4.78, 5) is 2.58. The van der Waals surface area contributed by atoms with Gasteiger partial charge in [-0.05, 0) is 137 Å². The van der Waals surface area contributed by atoms with Crippen LogP contribution in [0.3, 0.4) is 0 Å². The van der Waals surface area contributed by atoms with Crippen LogP contribution in [0, 0.1) is 52.3 Å². The molecule has 4 rings (SSSR count). The average molecular weight is 544 g/mol. The third kappa shape index (κ3) is 6.61. The van der Waals surface area contributed by atoms with Crippen LogP contribution in [0.1, 0.15) is 133 Å². The van der Waals surface area contributed by atoms with E-state index in [9.17, 15) is 0 Å². The molecule has 0 aromatic rings. The normalized spacial score (nSPS) is 42.5.